The van der Waals surface area contributed by atoms with E-state index in [0.717, 1.165) is 4.47 Å². The zero-order valence-corrected chi connectivity index (χ0v) is 14.0. The number of carbonyl (C=O) groups is 2. The third-order valence-electron chi connectivity index (χ3n) is 3.03. The maximum absolute atomic E-state index is 13.1. The van der Waals surface area contributed by atoms with Crippen molar-refractivity contribution in [2.24, 2.45) is 0 Å². The van der Waals surface area contributed by atoms with E-state index in [0.29, 0.717) is 11.3 Å². The Morgan fingerprint density at radius 2 is 1.91 bits per heavy atom. The quantitative estimate of drug-likeness (QED) is 0.805. The van der Waals surface area contributed by atoms with Gasteiger partial charge in [0.05, 0.1) is 6.42 Å². The van der Waals surface area contributed by atoms with E-state index < -0.39 is 23.8 Å². The summed E-state index contributed by atoms with van der Waals surface area (Å²) in [5.41, 5.74) is 1.10. The van der Waals surface area contributed by atoms with Crippen molar-refractivity contribution in [1.82, 2.24) is 0 Å². The van der Waals surface area contributed by atoms with E-state index in [4.69, 9.17) is 4.74 Å². The molecule has 1 atom stereocenters. The Kier molecular flexibility index (Phi) is 5.87. The molecule has 120 valence electrons. The predicted octanol–water partition coefficient (Wildman–Crippen LogP) is 3.70. The van der Waals surface area contributed by atoms with Gasteiger partial charge in [0.15, 0.2) is 6.10 Å². The van der Waals surface area contributed by atoms with Gasteiger partial charge in [-0.3, -0.25) is 9.59 Å². The van der Waals surface area contributed by atoms with Crippen LogP contribution in [-0.4, -0.2) is 18.0 Å². The van der Waals surface area contributed by atoms with E-state index in [9.17, 15) is 14.0 Å². The largest absolute Gasteiger partial charge is 0.452 e. The first-order valence-electron chi connectivity index (χ1n) is 6.94. The Morgan fingerprint density at radius 1 is 1.22 bits per heavy atom. The van der Waals surface area contributed by atoms with Crippen LogP contribution in [0.25, 0.3) is 0 Å². The second kappa shape index (κ2) is 7.87. The van der Waals surface area contributed by atoms with Crippen LogP contribution >= 0.6 is 15.9 Å². The van der Waals surface area contributed by atoms with E-state index in [1.54, 1.807) is 30.3 Å². The summed E-state index contributed by atoms with van der Waals surface area (Å²) in [6.07, 6.45) is -1.03. The fraction of sp³-hybridized carbons (Fsp3) is 0.176. The highest BCUT2D eigenvalue weighted by Gasteiger charge is 2.18. The van der Waals surface area contributed by atoms with Gasteiger partial charge in [0, 0.05) is 10.2 Å². The summed E-state index contributed by atoms with van der Waals surface area (Å²) in [6, 6.07) is 12.7. The molecule has 0 heterocycles. The molecular weight excluding hydrogens is 365 g/mol. The maximum atomic E-state index is 13.1. The van der Waals surface area contributed by atoms with Crippen LogP contribution in [0.4, 0.5) is 10.1 Å². The van der Waals surface area contributed by atoms with Crippen LogP contribution in [0.5, 0.6) is 0 Å². The Balaban J connectivity index is 1.87. The number of esters is 1. The maximum Gasteiger partial charge on any atom is 0.311 e. The minimum Gasteiger partial charge on any atom is -0.452 e. The number of hydrogen-bond acceptors (Lipinski definition) is 3. The number of nitrogens with one attached hydrogen (secondary N) is 1. The molecule has 2 aromatic rings. The van der Waals surface area contributed by atoms with Gasteiger partial charge in [-0.2, -0.15) is 0 Å². The van der Waals surface area contributed by atoms with Crippen LogP contribution in [-0.2, 0) is 20.7 Å². The van der Waals surface area contributed by atoms with Gasteiger partial charge in [-0.05, 0) is 48.9 Å². The SMILES string of the molecule is C[C@@H](OC(=O)Cc1cccc(F)c1)C(=O)Nc1ccc(Br)cc1. The van der Waals surface area contributed by atoms with Crippen molar-refractivity contribution in [3.63, 3.8) is 0 Å². The molecule has 2 rings (SSSR count). The lowest BCUT2D eigenvalue weighted by molar-refractivity contribution is -0.152. The lowest BCUT2D eigenvalue weighted by Gasteiger charge is -2.13. The molecular formula is C17H15BrFNO3. The van der Waals surface area contributed by atoms with E-state index >= 15 is 0 Å². The first-order chi connectivity index (χ1) is 10.9. The Bertz CT molecular complexity index is 703. The van der Waals surface area contributed by atoms with Gasteiger partial charge in [0.1, 0.15) is 5.82 Å². The highest BCUT2D eigenvalue weighted by atomic mass is 79.9. The zero-order valence-electron chi connectivity index (χ0n) is 12.4. The summed E-state index contributed by atoms with van der Waals surface area (Å²) in [7, 11) is 0. The van der Waals surface area contributed by atoms with Gasteiger partial charge in [0.25, 0.3) is 5.91 Å². The van der Waals surface area contributed by atoms with Crippen LogP contribution in [0.3, 0.4) is 0 Å². The van der Waals surface area contributed by atoms with Crippen molar-refractivity contribution in [3.8, 4) is 0 Å². The summed E-state index contributed by atoms with van der Waals surface area (Å²) in [5.74, 6) is -1.44. The van der Waals surface area contributed by atoms with Crippen molar-refractivity contribution in [1.29, 1.82) is 0 Å². The molecule has 1 amide bonds. The molecule has 0 unspecified atom stereocenters. The Labute approximate surface area is 141 Å². The average molecular weight is 380 g/mol. The van der Waals surface area contributed by atoms with Crippen molar-refractivity contribution in [2.75, 3.05) is 5.32 Å². The summed E-state index contributed by atoms with van der Waals surface area (Å²) in [6.45, 7) is 1.48. The highest BCUT2D eigenvalue weighted by Crippen LogP contribution is 2.14. The minimum atomic E-state index is -0.945. The minimum absolute atomic E-state index is 0.0896. The third kappa shape index (κ3) is 5.49. The van der Waals surface area contributed by atoms with E-state index in [1.807, 2.05) is 0 Å². The lowest BCUT2D eigenvalue weighted by Crippen LogP contribution is -2.30. The number of rotatable bonds is 5. The number of ether oxygens (including phenoxy) is 1. The predicted molar refractivity (Wildman–Crippen MR) is 88.4 cm³/mol. The van der Waals surface area contributed by atoms with Crippen LogP contribution in [0, 0.1) is 5.82 Å². The molecule has 0 radical (unpaired) electrons. The normalized spacial score (nSPS) is 11.6. The Morgan fingerprint density at radius 3 is 2.57 bits per heavy atom. The Hall–Kier alpha value is -2.21. The van der Waals surface area contributed by atoms with Crippen molar-refractivity contribution >= 4 is 33.5 Å². The van der Waals surface area contributed by atoms with Crippen LogP contribution in [0.15, 0.2) is 53.0 Å². The molecule has 0 spiro atoms. The molecule has 0 bridgehead atoms. The van der Waals surface area contributed by atoms with Gasteiger partial charge in [-0.25, -0.2) is 4.39 Å². The molecule has 0 saturated heterocycles. The van der Waals surface area contributed by atoms with Crippen LogP contribution in [0.2, 0.25) is 0 Å². The van der Waals surface area contributed by atoms with Gasteiger partial charge >= 0.3 is 5.97 Å². The molecule has 0 saturated carbocycles. The van der Waals surface area contributed by atoms with Crippen LogP contribution in [0.1, 0.15) is 12.5 Å². The summed E-state index contributed by atoms with van der Waals surface area (Å²) < 4.78 is 19.0. The zero-order chi connectivity index (χ0) is 16.8. The molecule has 1 N–H and O–H groups in total. The number of carbonyl (C=O) groups excluding carboxylic acids is 2. The summed E-state index contributed by atoms with van der Waals surface area (Å²) >= 11 is 3.30. The fourth-order valence-corrected chi connectivity index (χ4v) is 2.15. The number of benzene rings is 2. The first-order valence-corrected chi connectivity index (χ1v) is 7.73. The summed E-state index contributed by atoms with van der Waals surface area (Å²) in [5, 5.41) is 2.65. The van der Waals surface area contributed by atoms with Crippen molar-refractivity contribution < 1.29 is 18.7 Å². The molecule has 0 aliphatic carbocycles. The molecule has 0 aliphatic rings. The number of amides is 1. The second-order valence-electron chi connectivity index (χ2n) is 4.93. The topological polar surface area (TPSA) is 55.4 Å². The number of anilines is 1. The molecule has 6 heteroatoms. The van der Waals surface area contributed by atoms with Crippen molar-refractivity contribution in [2.45, 2.75) is 19.4 Å². The van der Waals surface area contributed by atoms with Crippen LogP contribution < -0.4 is 5.32 Å². The second-order valence-corrected chi connectivity index (χ2v) is 5.85. The fourth-order valence-electron chi connectivity index (χ4n) is 1.88. The van der Waals surface area contributed by atoms with E-state index in [2.05, 4.69) is 21.2 Å². The van der Waals surface area contributed by atoms with Crippen molar-refractivity contribution in [3.05, 3.63) is 64.4 Å². The molecule has 23 heavy (non-hydrogen) atoms. The van der Waals surface area contributed by atoms with Gasteiger partial charge < -0.3 is 10.1 Å². The lowest BCUT2D eigenvalue weighted by atomic mass is 10.1. The number of halogens is 2. The average Bonchev–Trinajstić information content (AvgIpc) is 2.49. The van der Waals surface area contributed by atoms with E-state index in [-0.39, 0.29) is 6.42 Å². The third-order valence-corrected chi connectivity index (χ3v) is 3.56. The monoisotopic (exact) mass is 379 g/mol. The highest BCUT2D eigenvalue weighted by molar-refractivity contribution is 9.10. The smallest absolute Gasteiger partial charge is 0.311 e. The molecule has 2 aromatic carbocycles. The molecule has 0 aromatic heterocycles. The van der Waals surface area contributed by atoms with Gasteiger partial charge in [-0.15, -0.1) is 0 Å². The molecule has 4 nitrogen and oxygen atoms in total. The van der Waals surface area contributed by atoms with Gasteiger partial charge in [0.2, 0.25) is 0 Å². The number of hydrogen-bond donors (Lipinski definition) is 1. The summed E-state index contributed by atoms with van der Waals surface area (Å²) in [4.78, 5) is 23.8. The van der Waals surface area contributed by atoms with Gasteiger partial charge in [-0.1, -0.05) is 28.1 Å². The molecule has 0 aliphatic heterocycles. The first kappa shape index (κ1) is 17.1. The molecule has 0 fully saturated rings. The standard InChI is InChI=1S/C17H15BrFNO3/c1-11(17(22)20-15-7-5-13(18)6-8-15)23-16(21)10-12-3-2-4-14(19)9-12/h2-9,11H,10H2,1H3,(H,20,22)/t11-/m1/s1. The van der Waals surface area contributed by atoms with E-state index in [1.165, 1.54) is 25.1 Å².